The van der Waals surface area contributed by atoms with E-state index in [9.17, 15) is 4.79 Å². The van der Waals surface area contributed by atoms with E-state index in [-0.39, 0.29) is 12.4 Å². The van der Waals surface area contributed by atoms with Crippen LogP contribution in [0.15, 0.2) is 23.6 Å². The molecule has 0 atom stereocenters. The van der Waals surface area contributed by atoms with Gasteiger partial charge in [-0.15, -0.1) is 23.7 Å². The van der Waals surface area contributed by atoms with E-state index in [1.54, 1.807) is 5.38 Å². The number of halogens is 1. The molecule has 0 saturated carbocycles. The molecule has 1 amide bonds. The SMILES string of the molecule is Cl.NC(=O)c1csc(-c2ccc3c(c2)CCNC3)n1. The van der Waals surface area contributed by atoms with Crippen molar-refractivity contribution in [2.45, 2.75) is 13.0 Å². The maximum Gasteiger partial charge on any atom is 0.268 e. The van der Waals surface area contributed by atoms with Crippen LogP contribution in [0.2, 0.25) is 0 Å². The summed E-state index contributed by atoms with van der Waals surface area (Å²) in [6, 6.07) is 6.34. The van der Waals surface area contributed by atoms with Crippen LogP contribution in [-0.4, -0.2) is 17.4 Å². The zero-order valence-electron chi connectivity index (χ0n) is 10.2. The summed E-state index contributed by atoms with van der Waals surface area (Å²) >= 11 is 1.45. The lowest BCUT2D eigenvalue weighted by atomic mass is 9.99. The molecule has 0 fully saturated rings. The molecule has 0 aliphatic carbocycles. The lowest BCUT2D eigenvalue weighted by Gasteiger charge is -2.17. The minimum Gasteiger partial charge on any atom is -0.364 e. The Labute approximate surface area is 121 Å². The van der Waals surface area contributed by atoms with Gasteiger partial charge < -0.3 is 11.1 Å². The Hall–Kier alpha value is -1.43. The first-order chi connectivity index (χ1) is 8.74. The third-order valence-corrected chi connectivity index (χ3v) is 3.99. The highest BCUT2D eigenvalue weighted by Crippen LogP contribution is 2.27. The molecule has 0 bridgehead atoms. The molecule has 3 rings (SSSR count). The van der Waals surface area contributed by atoms with Crippen molar-refractivity contribution in [1.29, 1.82) is 0 Å². The van der Waals surface area contributed by atoms with Crippen molar-refractivity contribution in [1.82, 2.24) is 10.3 Å². The van der Waals surface area contributed by atoms with Gasteiger partial charge in [-0.1, -0.05) is 12.1 Å². The van der Waals surface area contributed by atoms with Crippen LogP contribution in [0.3, 0.4) is 0 Å². The molecule has 1 aromatic heterocycles. The average molecular weight is 296 g/mol. The number of amides is 1. The molecular formula is C13H14ClN3OS. The van der Waals surface area contributed by atoms with Crippen molar-refractivity contribution >= 4 is 29.7 Å². The highest BCUT2D eigenvalue weighted by atomic mass is 35.5. The van der Waals surface area contributed by atoms with Crippen molar-refractivity contribution in [3.8, 4) is 10.6 Å². The van der Waals surface area contributed by atoms with Gasteiger partial charge >= 0.3 is 0 Å². The molecule has 6 heteroatoms. The van der Waals surface area contributed by atoms with Crippen LogP contribution in [0.25, 0.3) is 10.6 Å². The molecule has 1 aliphatic rings. The smallest absolute Gasteiger partial charge is 0.268 e. The van der Waals surface area contributed by atoms with Gasteiger partial charge in [0.2, 0.25) is 0 Å². The molecule has 100 valence electrons. The lowest BCUT2D eigenvalue weighted by Crippen LogP contribution is -2.23. The van der Waals surface area contributed by atoms with Crippen molar-refractivity contribution in [2.24, 2.45) is 5.73 Å². The van der Waals surface area contributed by atoms with Gasteiger partial charge in [0, 0.05) is 17.5 Å². The molecule has 0 spiro atoms. The van der Waals surface area contributed by atoms with E-state index in [4.69, 9.17) is 5.73 Å². The van der Waals surface area contributed by atoms with Crippen LogP contribution in [0.1, 0.15) is 21.6 Å². The molecule has 0 unspecified atom stereocenters. The summed E-state index contributed by atoms with van der Waals surface area (Å²) in [5.74, 6) is -0.473. The molecule has 0 radical (unpaired) electrons. The van der Waals surface area contributed by atoms with E-state index in [0.29, 0.717) is 5.69 Å². The minimum absolute atomic E-state index is 0. The Morgan fingerprint density at radius 2 is 2.21 bits per heavy atom. The highest BCUT2D eigenvalue weighted by Gasteiger charge is 2.12. The molecule has 3 N–H and O–H groups in total. The number of nitrogens with one attached hydrogen (secondary N) is 1. The van der Waals surface area contributed by atoms with E-state index < -0.39 is 5.91 Å². The van der Waals surface area contributed by atoms with E-state index in [2.05, 4.69) is 28.5 Å². The van der Waals surface area contributed by atoms with Crippen molar-refractivity contribution < 1.29 is 4.79 Å². The zero-order chi connectivity index (χ0) is 12.5. The summed E-state index contributed by atoms with van der Waals surface area (Å²) in [5.41, 5.74) is 9.33. The first-order valence-corrected chi connectivity index (χ1v) is 6.70. The number of hydrogen-bond donors (Lipinski definition) is 2. The summed E-state index contributed by atoms with van der Waals surface area (Å²) in [5, 5.41) is 5.90. The Morgan fingerprint density at radius 1 is 1.37 bits per heavy atom. The Balaban J connectivity index is 0.00000133. The van der Waals surface area contributed by atoms with Gasteiger partial charge in [0.25, 0.3) is 5.91 Å². The predicted molar refractivity (Wildman–Crippen MR) is 78.7 cm³/mol. The fourth-order valence-electron chi connectivity index (χ4n) is 2.13. The average Bonchev–Trinajstić information content (AvgIpc) is 2.88. The van der Waals surface area contributed by atoms with E-state index in [1.807, 2.05) is 0 Å². The number of fused-ring (bicyclic) bond motifs is 1. The van der Waals surface area contributed by atoms with Crippen LogP contribution in [0, 0.1) is 0 Å². The molecule has 0 saturated heterocycles. The second-order valence-corrected chi connectivity index (χ2v) is 5.17. The number of aromatic nitrogens is 1. The summed E-state index contributed by atoms with van der Waals surface area (Å²) in [6.07, 6.45) is 1.04. The van der Waals surface area contributed by atoms with Gasteiger partial charge in [0.05, 0.1) is 0 Å². The molecule has 4 nitrogen and oxygen atoms in total. The topological polar surface area (TPSA) is 68.0 Å². The van der Waals surface area contributed by atoms with Crippen LogP contribution in [0.5, 0.6) is 0 Å². The van der Waals surface area contributed by atoms with Crippen molar-refractivity contribution in [2.75, 3.05) is 6.54 Å². The second-order valence-electron chi connectivity index (χ2n) is 4.31. The normalized spacial score (nSPS) is 13.5. The number of nitrogens with two attached hydrogens (primary N) is 1. The van der Waals surface area contributed by atoms with Gasteiger partial charge in [-0.3, -0.25) is 4.79 Å². The summed E-state index contributed by atoms with van der Waals surface area (Å²) in [7, 11) is 0. The number of primary amides is 1. The van der Waals surface area contributed by atoms with E-state index in [1.165, 1.54) is 22.5 Å². The molecule has 1 aromatic carbocycles. The maximum atomic E-state index is 11.0. The van der Waals surface area contributed by atoms with Crippen LogP contribution >= 0.6 is 23.7 Å². The van der Waals surface area contributed by atoms with Crippen LogP contribution < -0.4 is 11.1 Å². The number of thiazole rings is 1. The number of nitrogens with zero attached hydrogens (tertiary/aromatic N) is 1. The monoisotopic (exact) mass is 295 g/mol. The first kappa shape index (κ1) is 14.0. The number of benzene rings is 1. The molecule has 2 heterocycles. The van der Waals surface area contributed by atoms with E-state index in [0.717, 1.165) is 30.1 Å². The quantitative estimate of drug-likeness (QED) is 0.890. The number of carbonyl (C=O) groups excluding carboxylic acids is 1. The van der Waals surface area contributed by atoms with Gasteiger partial charge in [-0.25, -0.2) is 4.98 Å². The summed E-state index contributed by atoms with van der Waals surface area (Å²) in [4.78, 5) is 15.3. The van der Waals surface area contributed by atoms with Gasteiger partial charge in [0.15, 0.2) is 0 Å². The molecular weight excluding hydrogens is 282 g/mol. The predicted octanol–water partition coefficient (Wildman–Crippen LogP) is 1.98. The standard InChI is InChI=1S/C13H13N3OS.ClH/c14-12(17)11-7-18-13(16-11)9-1-2-10-6-15-4-3-8(10)5-9;/h1-2,5,7,15H,3-4,6H2,(H2,14,17);1H. The third kappa shape index (κ3) is 2.78. The van der Waals surface area contributed by atoms with Crippen LogP contribution in [0.4, 0.5) is 0 Å². The number of hydrogen-bond acceptors (Lipinski definition) is 4. The van der Waals surface area contributed by atoms with Crippen molar-refractivity contribution in [3.05, 3.63) is 40.4 Å². The maximum absolute atomic E-state index is 11.0. The second kappa shape index (κ2) is 5.69. The Kier molecular flexibility index (Phi) is 4.19. The number of carbonyl (C=O) groups is 1. The first-order valence-electron chi connectivity index (χ1n) is 5.82. The zero-order valence-corrected chi connectivity index (χ0v) is 11.8. The van der Waals surface area contributed by atoms with Crippen LogP contribution in [-0.2, 0) is 13.0 Å². The van der Waals surface area contributed by atoms with Crippen molar-refractivity contribution in [3.63, 3.8) is 0 Å². The van der Waals surface area contributed by atoms with Gasteiger partial charge in [-0.2, -0.15) is 0 Å². The minimum atomic E-state index is -0.473. The fraction of sp³-hybridized carbons (Fsp3) is 0.231. The third-order valence-electron chi connectivity index (χ3n) is 3.10. The van der Waals surface area contributed by atoms with Gasteiger partial charge in [0.1, 0.15) is 10.7 Å². The molecule has 1 aliphatic heterocycles. The van der Waals surface area contributed by atoms with E-state index >= 15 is 0 Å². The Bertz CT molecular complexity index is 612. The number of rotatable bonds is 2. The summed E-state index contributed by atoms with van der Waals surface area (Å²) < 4.78 is 0. The summed E-state index contributed by atoms with van der Waals surface area (Å²) in [6.45, 7) is 1.95. The molecule has 19 heavy (non-hydrogen) atoms. The fourth-order valence-corrected chi connectivity index (χ4v) is 2.94. The lowest BCUT2D eigenvalue weighted by molar-refractivity contribution is 0.0996. The Morgan fingerprint density at radius 3 is 2.95 bits per heavy atom. The largest absolute Gasteiger partial charge is 0.364 e. The van der Waals surface area contributed by atoms with Gasteiger partial charge in [-0.05, 0) is 30.2 Å². The highest BCUT2D eigenvalue weighted by molar-refractivity contribution is 7.13. The molecule has 2 aromatic rings.